The predicted molar refractivity (Wildman–Crippen MR) is 481 cm³/mol. The Morgan fingerprint density at radius 2 is 1.11 bits per heavy atom. The number of likely N-dealkylation sites (N-methyl/N-ethyl adjacent to an activating group) is 2. The Morgan fingerprint density at radius 3 is 1.80 bits per heavy atom. The molecule has 11 rings (SSSR count). The molecule has 710 valence electrons. The highest BCUT2D eigenvalue weighted by atomic mass is 32.2. The van der Waals surface area contributed by atoms with Gasteiger partial charge in [-0.2, -0.15) is 0 Å². The topological polar surface area (TPSA) is 560 Å². The number of primary amides is 1. The summed E-state index contributed by atoms with van der Waals surface area (Å²) < 4.78 is 1.45. The Labute approximate surface area is 763 Å². The maximum atomic E-state index is 15.6. The van der Waals surface area contributed by atoms with Gasteiger partial charge in [-0.1, -0.05) is 115 Å². The van der Waals surface area contributed by atoms with Gasteiger partial charge in [-0.25, -0.2) is 0 Å². The maximum absolute atomic E-state index is 15.6. The first-order valence-corrected chi connectivity index (χ1v) is 46.5. The molecule has 15 atom stereocenters. The number of aromatic nitrogens is 2. The van der Waals surface area contributed by atoms with E-state index in [1.165, 1.54) is 51.7 Å². The summed E-state index contributed by atoms with van der Waals surface area (Å²) in [5.41, 5.74) is 14.3. The molecule has 8 heterocycles. The van der Waals surface area contributed by atoms with Crippen molar-refractivity contribution in [3.63, 3.8) is 0 Å². The minimum absolute atomic E-state index is 0.000705. The van der Waals surface area contributed by atoms with Crippen molar-refractivity contribution in [3.05, 3.63) is 102 Å². The highest BCUT2D eigenvalue weighted by Crippen LogP contribution is 2.35. The number of carbonyl (C=O) groups is 17. The second-order valence-electron chi connectivity index (χ2n) is 36.0. The third-order valence-electron chi connectivity index (χ3n) is 25.3. The number of aromatic hydroxyl groups is 1. The van der Waals surface area contributed by atoms with Gasteiger partial charge in [0.2, 0.25) is 94.5 Å². The van der Waals surface area contributed by atoms with E-state index in [4.69, 9.17) is 11.5 Å². The molecule has 39 nitrogen and oxygen atoms in total. The van der Waals surface area contributed by atoms with E-state index in [9.17, 15) is 53.7 Å². The van der Waals surface area contributed by atoms with E-state index >= 15 is 43.2 Å². The summed E-state index contributed by atoms with van der Waals surface area (Å²) >= 11 is 0.875. The third kappa shape index (κ3) is 25.9. The number of benzene rings is 3. The second-order valence-corrected chi connectivity index (χ2v) is 37.0. The molecule has 4 bridgehead atoms. The number of carboxylic acids is 1. The number of rotatable bonds is 17. The number of aliphatic carboxylic acids is 1. The van der Waals surface area contributed by atoms with Crippen molar-refractivity contribution >= 4 is 134 Å². The minimum Gasteiger partial charge on any atom is -0.508 e. The van der Waals surface area contributed by atoms with Gasteiger partial charge in [0.05, 0.1) is 24.9 Å². The molecule has 6 fully saturated rings. The zero-order valence-electron chi connectivity index (χ0n) is 74.9. The molecule has 6 saturated heterocycles. The Balaban J connectivity index is 0.930. The number of amides is 16. The first-order chi connectivity index (χ1) is 62.5. The first kappa shape index (κ1) is 99.4. The molecule has 0 saturated carbocycles. The molecule has 40 heteroatoms. The number of nitrogens with one attached hydrogen (secondary N) is 11. The minimum atomic E-state index is -1.64. The number of aliphatic hydroxyl groups is 1. The van der Waals surface area contributed by atoms with Gasteiger partial charge in [-0.3, -0.25) is 81.5 Å². The number of piperidine rings is 1. The van der Waals surface area contributed by atoms with Crippen LogP contribution in [-0.4, -0.2) is 299 Å². The van der Waals surface area contributed by atoms with Crippen LogP contribution in [0.1, 0.15) is 160 Å². The van der Waals surface area contributed by atoms with Crippen LogP contribution in [0.25, 0.3) is 21.8 Å². The van der Waals surface area contributed by atoms with Crippen molar-refractivity contribution in [2.75, 3.05) is 58.3 Å². The standard InChI is InChI=1S/C91H125N19O20S/c1-50(2)36-66-88(127)106(6)74(83(122)95-43-75(93)113)48-131-49-77(115)98-68(38-52-25-29-56(111)30-26-52)89(128)108-35-17-24-71(108)85(124)101-63-31-27-55-28-32-72(110(55)91(63)130)82(121)96-44-76(114)97-67(37-51(3)4)90(129)109-46-57(112)41-73(109)86(125)103-64(39-53-42-94-60-20-15-13-18-58(53)60)80(119)99-61(33-34-92)79(118)102-65(40-54-45-107(47-78(116)117)69-22-16-14-19-59(54)69)81(120)100-62-21-11-9-7-8-10-12-23-70(84(123)104-66)105(5)87(62)126/h13-16,18-20,22,25-26,29-30,42,45,50-51,55,57,61-68,70-74,94,111-112H,7-12,17,21,23-24,27-28,31-41,43-44,46-49,92H2,1-6H3,(H2,93,113)(H,95,122)(H,96,121)(H,97,114)(H,98,115)(H,99,119)(H,100,120)(H,101,124)(H,102,118)(H,103,125)(H,104,123)(H,116,117)/t55?,57-,61+,62?,63-,64+,65+,66+,67+,68+,70?,71+,72-,73+,74+/m1/s1. The lowest BCUT2D eigenvalue weighted by Gasteiger charge is -2.38. The molecule has 0 radical (unpaired) electrons. The third-order valence-corrected chi connectivity index (χ3v) is 26.3. The number of aliphatic hydroxyl groups excluding tert-OH is 1. The number of fused-ring (bicyclic) bond motifs is 8. The Hall–Kier alpha value is -12.2. The number of thioether (sulfide) groups is 1. The predicted octanol–water partition coefficient (Wildman–Crippen LogP) is -0.381. The van der Waals surface area contributed by atoms with Gasteiger partial charge in [0.25, 0.3) is 0 Å². The fourth-order valence-electron chi connectivity index (χ4n) is 18.6. The van der Waals surface area contributed by atoms with Crippen LogP contribution in [0.3, 0.4) is 0 Å². The van der Waals surface area contributed by atoms with Crippen LogP contribution in [0.15, 0.2) is 85.2 Å². The fourth-order valence-corrected chi connectivity index (χ4v) is 19.6. The van der Waals surface area contributed by atoms with Crippen LogP contribution in [-0.2, 0) is 107 Å². The van der Waals surface area contributed by atoms with Crippen LogP contribution >= 0.6 is 11.8 Å². The quantitative estimate of drug-likeness (QED) is 0.0564. The number of phenols is 1. The van der Waals surface area contributed by atoms with E-state index in [2.05, 4.69) is 58.2 Å². The maximum Gasteiger partial charge on any atom is 0.323 e. The highest BCUT2D eigenvalue weighted by molar-refractivity contribution is 8.00. The van der Waals surface area contributed by atoms with Crippen molar-refractivity contribution in [1.82, 2.24) is 87.2 Å². The number of H-pyrrole nitrogens is 1. The summed E-state index contributed by atoms with van der Waals surface area (Å²) in [6, 6.07) is 1.38. The van der Waals surface area contributed by atoms with Crippen LogP contribution in [0, 0.1) is 11.8 Å². The zero-order valence-corrected chi connectivity index (χ0v) is 75.7. The smallest absolute Gasteiger partial charge is 0.323 e. The number of phenolic OH excluding ortho intramolecular Hbond substituents is 1. The molecular weight excluding hydrogens is 1710 g/mol. The average molecular weight is 1840 g/mol. The molecular formula is C91H125N19O20S. The van der Waals surface area contributed by atoms with Crippen molar-refractivity contribution in [2.24, 2.45) is 23.3 Å². The van der Waals surface area contributed by atoms with E-state index in [0.717, 1.165) is 28.0 Å². The lowest BCUT2D eigenvalue weighted by molar-refractivity contribution is -0.147. The number of carboxylic acid groups (broad SMARTS) is 1. The van der Waals surface area contributed by atoms with Crippen molar-refractivity contribution in [3.8, 4) is 5.75 Å². The number of nitrogens with two attached hydrogens (primary N) is 2. The van der Waals surface area contributed by atoms with Gasteiger partial charge >= 0.3 is 5.97 Å². The van der Waals surface area contributed by atoms with E-state index in [1.807, 2.05) is 0 Å². The molecule has 6 aliphatic heterocycles. The Morgan fingerprint density at radius 1 is 0.534 bits per heavy atom. The number of hydrogen-bond donors (Lipinski definition) is 16. The molecule has 5 aromatic rings. The van der Waals surface area contributed by atoms with Crippen LogP contribution in [0.5, 0.6) is 5.75 Å². The van der Waals surface area contributed by atoms with E-state index in [1.54, 1.807) is 94.6 Å². The molecule has 0 aliphatic carbocycles. The summed E-state index contributed by atoms with van der Waals surface area (Å²) in [7, 11) is 2.68. The molecule has 18 N–H and O–H groups in total. The molecule has 0 spiro atoms. The van der Waals surface area contributed by atoms with Crippen LogP contribution in [0.4, 0.5) is 0 Å². The van der Waals surface area contributed by atoms with Crippen molar-refractivity contribution in [1.29, 1.82) is 0 Å². The summed E-state index contributed by atoms with van der Waals surface area (Å²) in [6.07, 6.45) is 5.70. The molecule has 3 unspecified atom stereocenters. The molecule has 16 amide bonds. The van der Waals surface area contributed by atoms with Gasteiger partial charge < -0.3 is 114 Å². The van der Waals surface area contributed by atoms with Gasteiger partial charge in [0, 0.05) is 98.9 Å². The van der Waals surface area contributed by atoms with Crippen molar-refractivity contribution < 1.29 is 96.8 Å². The molecule has 2 aromatic heterocycles. The van der Waals surface area contributed by atoms with Crippen LogP contribution < -0.4 is 64.6 Å². The Kier molecular flexibility index (Phi) is 34.9. The highest BCUT2D eigenvalue weighted by Gasteiger charge is 2.50. The lowest BCUT2D eigenvalue weighted by Crippen LogP contribution is -2.61. The van der Waals surface area contributed by atoms with Gasteiger partial charge in [0.15, 0.2) is 0 Å². The van der Waals surface area contributed by atoms with E-state index in [-0.39, 0.29) is 113 Å². The number of carbonyl (C=O) groups excluding carboxylic acids is 16. The summed E-state index contributed by atoms with van der Waals surface area (Å²) in [5.74, 6) is -15.5. The molecule has 3 aromatic carbocycles. The van der Waals surface area contributed by atoms with Gasteiger partial charge in [0.1, 0.15) is 90.8 Å². The SMILES string of the molecule is CC(C)C[C@@H]1NC(=O)C2CCCCCCCCC(NC(=O)[C@H](Cc3cn(CC(=O)O)c4ccccc34)NC(=O)[C@H](CCN)NC(=O)[C@H](Cc3c[nH]c4ccccc34)NC(=O)[C@@H]3C[C@@H](O)CN3C(=O)[C@H](CC(C)C)NC(=O)CNC(=O)[C@H]3CCC4CC[C@@H](NC(=O)[C@@H]5CCCN5C(=O)[C@H](Cc5ccc(O)cc5)NC(=O)CSC[C@@H](C(=O)NCC(N)=O)N(C)C1=O)C(=O)N43)C(=O)N2C. The molecule has 131 heavy (non-hydrogen) atoms. The average Bonchev–Trinajstić information content (AvgIpc) is 1.64. The Bertz CT molecular complexity index is 5020. The number of para-hydroxylation sites is 2. The summed E-state index contributed by atoms with van der Waals surface area (Å²) in [4.78, 5) is 258. The van der Waals surface area contributed by atoms with E-state index < -0.39 is 223 Å². The fraction of sp³-hybridized carbons (Fsp3) is 0.571. The second kappa shape index (κ2) is 46.1. The first-order valence-electron chi connectivity index (χ1n) is 45.3. The van der Waals surface area contributed by atoms with Crippen LogP contribution in [0.2, 0.25) is 0 Å². The molecule has 6 aliphatic rings. The summed E-state index contributed by atoms with van der Waals surface area (Å²) in [5, 5.41) is 60.4. The van der Waals surface area contributed by atoms with Gasteiger partial charge in [-0.05, 0) is 130 Å². The number of nitrogens with zero attached hydrogens (tertiary/aromatic N) is 6. The largest absolute Gasteiger partial charge is 0.508 e. The monoisotopic (exact) mass is 1840 g/mol. The van der Waals surface area contributed by atoms with Gasteiger partial charge in [-0.15, -0.1) is 11.8 Å². The van der Waals surface area contributed by atoms with Crippen molar-refractivity contribution in [2.45, 2.75) is 260 Å². The van der Waals surface area contributed by atoms with E-state index in [0.29, 0.717) is 89.9 Å². The lowest BCUT2D eigenvalue weighted by atomic mass is 9.97. The number of hydrogen-bond acceptors (Lipinski definition) is 21. The zero-order chi connectivity index (χ0) is 94.6. The number of aromatic amines is 1. The normalized spacial score (nSPS) is 26.9. The summed E-state index contributed by atoms with van der Waals surface area (Å²) in [6.45, 7) is 4.72.